The van der Waals surface area contributed by atoms with Crippen LogP contribution in [0.1, 0.15) is 11.1 Å². The summed E-state index contributed by atoms with van der Waals surface area (Å²) in [5, 5.41) is 14.7. The highest BCUT2D eigenvalue weighted by atomic mass is 28.3. The van der Waals surface area contributed by atoms with E-state index >= 15 is 0 Å². The van der Waals surface area contributed by atoms with Crippen LogP contribution in [0.3, 0.4) is 0 Å². The molecular formula is C52H38Si2. The zero-order valence-corrected chi connectivity index (χ0v) is 32.5. The van der Waals surface area contributed by atoms with Gasteiger partial charge >= 0.3 is 0 Å². The Morgan fingerprint density at radius 1 is 0.296 bits per heavy atom. The summed E-state index contributed by atoms with van der Waals surface area (Å²) in [4.78, 5) is 0. The lowest BCUT2D eigenvalue weighted by Crippen LogP contribution is -2.54. The fraction of sp³-hybridized carbons (Fsp3) is 0.0385. The molecule has 0 saturated heterocycles. The molecule has 9 rings (SSSR count). The minimum Gasteiger partial charge on any atom is -0.115 e. The Bertz CT molecular complexity index is 2660. The normalized spacial score (nSPS) is 11.6. The second-order valence-electron chi connectivity index (χ2n) is 14.5. The fourth-order valence-corrected chi connectivity index (χ4v) is 13.4. The van der Waals surface area contributed by atoms with Gasteiger partial charge < -0.3 is 0 Å². The maximum absolute atomic E-state index is 3.99. The molecule has 0 aliphatic carbocycles. The lowest BCUT2D eigenvalue weighted by Gasteiger charge is -2.23. The lowest BCUT2D eigenvalue weighted by molar-refractivity contribution is 1.70. The molecule has 0 nitrogen and oxygen atoms in total. The van der Waals surface area contributed by atoms with E-state index in [0.717, 1.165) is 32.7 Å². The van der Waals surface area contributed by atoms with Crippen LogP contribution >= 0.6 is 0 Å². The zero-order chi connectivity index (χ0) is 36.5. The number of rotatable bonds is 4. The van der Waals surface area contributed by atoms with Gasteiger partial charge in [-0.3, -0.25) is 0 Å². The van der Waals surface area contributed by atoms with Gasteiger partial charge in [0.1, 0.15) is 0 Å². The highest BCUT2D eigenvalue weighted by Gasteiger charge is 2.31. The highest BCUT2D eigenvalue weighted by molar-refractivity contribution is 7.07. The van der Waals surface area contributed by atoms with Gasteiger partial charge in [0.25, 0.3) is 0 Å². The molecule has 2 heteroatoms. The molecule has 0 amide bonds. The molecule has 9 aromatic rings. The molecule has 0 saturated carbocycles. The van der Waals surface area contributed by atoms with Crippen LogP contribution in [0.5, 0.6) is 0 Å². The molecule has 0 N–H and O–H groups in total. The van der Waals surface area contributed by atoms with Gasteiger partial charge in [-0.05, 0) is 88.1 Å². The van der Waals surface area contributed by atoms with E-state index in [2.05, 4.69) is 230 Å². The van der Waals surface area contributed by atoms with Crippen molar-refractivity contribution in [1.29, 1.82) is 0 Å². The molecule has 0 atom stereocenters. The van der Waals surface area contributed by atoms with E-state index in [1.807, 2.05) is 0 Å². The van der Waals surface area contributed by atoms with Gasteiger partial charge in [0, 0.05) is 11.1 Å². The first-order valence-corrected chi connectivity index (χ1v) is 23.6. The van der Waals surface area contributed by atoms with E-state index in [-0.39, 0.29) is 0 Å². The van der Waals surface area contributed by atoms with Gasteiger partial charge in [-0.1, -0.05) is 195 Å². The highest BCUT2D eigenvalue weighted by Crippen LogP contribution is 2.36. The Kier molecular flexibility index (Phi) is 8.57. The molecule has 254 valence electrons. The summed E-state index contributed by atoms with van der Waals surface area (Å²) >= 11 is 0. The summed E-state index contributed by atoms with van der Waals surface area (Å²) < 4.78 is 0. The number of hydrogen-bond donors (Lipinski definition) is 0. The van der Waals surface area contributed by atoms with Crippen molar-refractivity contribution in [1.82, 2.24) is 0 Å². The van der Waals surface area contributed by atoms with Crippen molar-refractivity contribution in [2.75, 3.05) is 0 Å². The SMILES string of the molecule is C[Si](C#Cc1c2ccccc2c(C#C[Si](C)(c2ccccc2)c2ccccc2)c2cc3cc4ccccc4cc3cc12)(c1ccccc1)c1ccccc1. The molecule has 0 aromatic heterocycles. The Morgan fingerprint density at radius 2 is 0.593 bits per heavy atom. The van der Waals surface area contributed by atoms with Gasteiger partial charge in [-0.15, -0.1) is 11.1 Å². The quantitative estimate of drug-likeness (QED) is 0.0966. The Morgan fingerprint density at radius 3 is 0.926 bits per heavy atom. The number of fused-ring (bicyclic) bond motifs is 4. The third-order valence-electron chi connectivity index (χ3n) is 11.1. The van der Waals surface area contributed by atoms with Crippen molar-refractivity contribution < 1.29 is 0 Å². The maximum Gasteiger partial charge on any atom is 0.196 e. The maximum atomic E-state index is 3.99. The number of hydrogen-bond acceptors (Lipinski definition) is 0. The zero-order valence-electron chi connectivity index (χ0n) is 30.5. The summed E-state index contributed by atoms with van der Waals surface area (Å²) in [6.45, 7) is 4.77. The van der Waals surface area contributed by atoms with E-state index in [1.165, 1.54) is 42.3 Å². The van der Waals surface area contributed by atoms with E-state index in [4.69, 9.17) is 0 Å². The molecular weight excluding hydrogens is 681 g/mol. The van der Waals surface area contributed by atoms with Crippen LogP contribution in [0.15, 0.2) is 194 Å². The van der Waals surface area contributed by atoms with Crippen LogP contribution in [0, 0.1) is 22.9 Å². The van der Waals surface area contributed by atoms with E-state index in [1.54, 1.807) is 0 Å². The lowest BCUT2D eigenvalue weighted by atomic mass is 9.90. The molecule has 0 unspecified atom stereocenters. The summed E-state index contributed by atoms with van der Waals surface area (Å²) in [5.41, 5.74) is 10.1. The van der Waals surface area contributed by atoms with Crippen LogP contribution in [-0.2, 0) is 0 Å². The smallest absolute Gasteiger partial charge is 0.115 e. The van der Waals surface area contributed by atoms with Crippen LogP contribution < -0.4 is 20.7 Å². The first kappa shape index (κ1) is 33.4. The monoisotopic (exact) mass is 718 g/mol. The third kappa shape index (κ3) is 5.93. The predicted octanol–water partition coefficient (Wildman–Crippen LogP) is 9.87. The van der Waals surface area contributed by atoms with Gasteiger partial charge in [0.05, 0.1) is 0 Å². The molecule has 0 aliphatic rings. The molecule has 0 spiro atoms. The largest absolute Gasteiger partial charge is 0.196 e. The second-order valence-corrected chi connectivity index (χ2v) is 21.8. The van der Waals surface area contributed by atoms with Crippen molar-refractivity contribution >= 4 is 80.0 Å². The molecule has 0 bridgehead atoms. The standard InChI is InChI=1S/C52H38Si2/c1-53(43-21-7-3-8-22-43,44-23-9-4-10-24-44)33-31-49-47-29-17-18-30-48(47)50(32-34-54(2,45-25-11-5-12-26-45)46-27-13-6-14-28-46)52-38-42-36-40-20-16-15-19-39(40)35-41(42)37-51(49)52/h3-30,35-38H,1-2H3. The van der Waals surface area contributed by atoms with Gasteiger partial charge in [-0.25, -0.2) is 0 Å². The minimum absolute atomic E-state index is 1.07. The van der Waals surface area contributed by atoms with Crippen LogP contribution in [0.2, 0.25) is 13.1 Å². The van der Waals surface area contributed by atoms with E-state index in [0.29, 0.717) is 0 Å². The average molecular weight is 719 g/mol. The second kappa shape index (κ2) is 13.8. The molecule has 0 fully saturated rings. The van der Waals surface area contributed by atoms with Gasteiger partial charge in [0.2, 0.25) is 0 Å². The van der Waals surface area contributed by atoms with E-state index in [9.17, 15) is 0 Å². The molecule has 54 heavy (non-hydrogen) atoms. The summed E-state index contributed by atoms with van der Waals surface area (Å²) in [6, 6.07) is 70.3. The Hall–Kier alpha value is -6.43. The predicted molar refractivity (Wildman–Crippen MR) is 238 cm³/mol. The van der Waals surface area contributed by atoms with Crippen LogP contribution in [-0.4, -0.2) is 16.1 Å². The first-order chi connectivity index (χ1) is 26.5. The molecule has 0 heterocycles. The van der Waals surface area contributed by atoms with Crippen molar-refractivity contribution in [2.24, 2.45) is 0 Å². The minimum atomic E-state index is -2.46. The van der Waals surface area contributed by atoms with Crippen LogP contribution in [0.4, 0.5) is 0 Å². The van der Waals surface area contributed by atoms with Crippen LogP contribution in [0.25, 0.3) is 43.1 Å². The van der Waals surface area contributed by atoms with Crippen molar-refractivity contribution in [3.05, 3.63) is 205 Å². The Balaban J connectivity index is 1.37. The average Bonchev–Trinajstić information content (AvgIpc) is 3.24. The molecule has 0 radical (unpaired) electrons. The van der Waals surface area contributed by atoms with E-state index < -0.39 is 16.1 Å². The van der Waals surface area contributed by atoms with Crippen molar-refractivity contribution in [2.45, 2.75) is 13.1 Å². The summed E-state index contributed by atoms with van der Waals surface area (Å²) in [5.74, 6) is 7.79. The molecule has 0 aliphatic heterocycles. The fourth-order valence-electron chi connectivity index (χ4n) is 7.97. The first-order valence-electron chi connectivity index (χ1n) is 18.6. The third-order valence-corrected chi connectivity index (χ3v) is 18.3. The van der Waals surface area contributed by atoms with Crippen molar-refractivity contribution in [3.63, 3.8) is 0 Å². The Labute approximate surface area is 319 Å². The van der Waals surface area contributed by atoms with Gasteiger partial charge in [-0.2, -0.15) is 0 Å². The van der Waals surface area contributed by atoms with Crippen molar-refractivity contribution in [3.8, 4) is 22.9 Å². The van der Waals surface area contributed by atoms with Gasteiger partial charge in [0.15, 0.2) is 16.1 Å². The number of benzene rings is 9. The topological polar surface area (TPSA) is 0 Å². The summed E-state index contributed by atoms with van der Waals surface area (Å²) in [7, 11) is -4.92. The molecule has 9 aromatic carbocycles. The summed E-state index contributed by atoms with van der Waals surface area (Å²) in [6.07, 6.45) is 0.